The number of nitrogens with two attached hydrogens (primary N) is 1. The number of carbonyl (C=O) groups excluding carboxylic acids is 1. The number of nitrogens with zero attached hydrogens (tertiary/aromatic N) is 1. The molecule has 11 heteroatoms. The summed E-state index contributed by atoms with van der Waals surface area (Å²) in [7, 11) is 1.52. The molecule has 0 unspecified atom stereocenters. The van der Waals surface area contributed by atoms with E-state index in [2.05, 4.69) is 10.3 Å². The number of primary amides is 1. The quantitative estimate of drug-likeness (QED) is 0.476. The Hall–Kier alpha value is -3.89. The SMILES string of the molecule is COc1ccc(-c2nc(OCC(F)(F)F)oc2-c2ccc(OCCNC(N)=O)cc2)cc1. The molecular formula is C21H20F3N3O5. The van der Waals surface area contributed by atoms with E-state index in [9.17, 15) is 18.0 Å². The molecule has 0 spiro atoms. The van der Waals surface area contributed by atoms with Gasteiger partial charge in [0.05, 0.1) is 13.7 Å². The van der Waals surface area contributed by atoms with E-state index >= 15 is 0 Å². The van der Waals surface area contributed by atoms with Crippen LogP contribution < -0.4 is 25.3 Å². The summed E-state index contributed by atoms with van der Waals surface area (Å²) in [6.45, 7) is -1.08. The van der Waals surface area contributed by atoms with Crippen LogP contribution in [0.15, 0.2) is 52.9 Å². The lowest BCUT2D eigenvalue weighted by Gasteiger charge is -2.07. The molecule has 0 saturated heterocycles. The number of aromatic nitrogens is 1. The summed E-state index contributed by atoms with van der Waals surface area (Å²) in [4.78, 5) is 14.8. The lowest BCUT2D eigenvalue weighted by Crippen LogP contribution is -2.32. The van der Waals surface area contributed by atoms with Crippen molar-refractivity contribution in [1.29, 1.82) is 0 Å². The lowest BCUT2D eigenvalue weighted by molar-refractivity contribution is -0.156. The predicted molar refractivity (Wildman–Crippen MR) is 109 cm³/mol. The first-order valence-corrected chi connectivity index (χ1v) is 9.36. The van der Waals surface area contributed by atoms with Gasteiger partial charge in [0.1, 0.15) is 23.8 Å². The van der Waals surface area contributed by atoms with E-state index in [0.29, 0.717) is 28.3 Å². The van der Waals surface area contributed by atoms with Gasteiger partial charge in [0.15, 0.2) is 12.4 Å². The standard InChI is InChI=1S/C21H20F3N3O5/c1-29-15-6-2-13(3-7-15)17-18(32-20(27-17)31-12-21(22,23)24)14-4-8-16(9-5-14)30-11-10-26-19(25)28/h2-9H,10-12H2,1H3,(H3,25,26,28). The van der Waals surface area contributed by atoms with E-state index in [4.69, 9.17) is 24.4 Å². The largest absolute Gasteiger partial charge is 0.497 e. The topological polar surface area (TPSA) is 109 Å². The molecule has 32 heavy (non-hydrogen) atoms. The normalized spacial score (nSPS) is 11.1. The molecule has 0 aliphatic heterocycles. The van der Waals surface area contributed by atoms with Crippen molar-refractivity contribution >= 4 is 6.03 Å². The van der Waals surface area contributed by atoms with Gasteiger partial charge >= 0.3 is 18.3 Å². The molecule has 0 fully saturated rings. The summed E-state index contributed by atoms with van der Waals surface area (Å²) in [5, 5.41) is 2.40. The maximum atomic E-state index is 12.5. The van der Waals surface area contributed by atoms with Crippen LogP contribution in [0.3, 0.4) is 0 Å². The van der Waals surface area contributed by atoms with E-state index in [1.165, 1.54) is 7.11 Å². The molecule has 3 rings (SSSR count). The van der Waals surface area contributed by atoms with E-state index in [0.717, 1.165) is 0 Å². The summed E-state index contributed by atoms with van der Waals surface area (Å²) in [6, 6.07) is 12.8. The molecule has 0 atom stereocenters. The van der Waals surface area contributed by atoms with Gasteiger partial charge in [-0.15, -0.1) is 0 Å². The third-order valence-corrected chi connectivity index (χ3v) is 4.12. The minimum absolute atomic E-state index is 0.205. The molecule has 0 aliphatic carbocycles. The molecule has 0 aliphatic rings. The fourth-order valence-electron chi connectivity index (χ4n) is 2.69. The Kier molecular flexibility index (Phi) is 7.08. The van der Waals surface area contributed by atoms with Crippen molar-refractivity contribution in [3.05, 3.63) is 48.5 Å². The number of hydrogen-bond acceptors (Lipinski definition) is 6. The molecule has 8 nitrogen and oxygen atoms in total. The van der Waals surface area contributed by atoms with E-state index in [-0.39, 0.29) is 18.9 Å². The minimum atomic E-state index is -4.53. The van der Waals surface area contributed by atoms with Crippen LogP contribution in [0.4, 0.5) is 18.0 Å². The second kappa shape index (κ2) is 9.94. The Labute approximate surface area is 181 Å². The Morgan fingerprint density at radius 3 is 2.25 bits per heavy atom. The van der Waals surface area contributed by atoms with Gasteiger partial charge < -0.3 is 29.7 Å². The number of urea groups is 1. The van der Waals surface area contributed by atoms with E-state index < -0.39 is 24.9 Å². The van der Waals surface area contributed by atoms with Crippen molar-refractivity contribution in [2.75, 3.05) is 26.9 Å². The Balaban J connectivity index is 1.84. The van der Waals surface area contributed by atoms with Crippen molar-refractivity contribution in [3.63, 3.8) is 0 Å². The number of hydrogen-bond donors (Lipinski definition) is 2. The minimum Gasteiger partial charge on any atom is -0.497 e. The van der Waals surface area contributed by atoms with Crippen molar-refractivity contribution < 1.29 is 36.6 Å². The number of amides is 2. The third-order valence-electron chi connectivity index (χ3n) is 4.12. The highest BCUT2D eigenvalue weighted by Crippen LogP contribution is 2.36. The number of alkyl halides is 3. The van der Waals surface area contributed by atoms with Crippen LogP contribution in [0.2, 0.25) is 0 Å². The molecule has 0 radical (unpaired) electrons. The molecule has 2 amide bonds. The van der Waals surface area contributed by atoms with Gasteiger partial charge in [0.25, 0.3) is 0 Å². The van der Waals surface area contributed by atoms with E-state index in [1.54, 1.807) is 48.5 Å². The summed E-state index contributed by atoms with van der Waals surface area (Å²) >= 11 is 0. The van der Waals surface area contributed by atoms with Crippen molar-refractivity contribution in [1.82, 2.24) is 10.3 Å². The summed E-state index contributed by atoms with van der Waals surface area (Å²) in [5.74, 6) is 1.35. The number of ether oxygens (including phenoxy) is 3. The number of nitrogens with one attached hydrogen (secondary N) is 1. The van der Waals surface area contributed by atoms with Gasteiger partial charge in [-0.1, -0.05) is 0 Å². The second-order valence-corrected chi connectivity index (χ2v) is 6.45. The van der Waals surface area contributed by atoms with Crippen molar-refractivity contribution in [3.8, 4) is 40.2 Å². The number of carbonyl (C=O) groups is 1. The van der Waals surface area contributed by atoms with Gasteiger partial charge in [0, 0.05) is 11.1 Å². The maximum Gasteiger partial charge on any atom is 0.422 e. The van der Waals surface area contributed by atoms with Crippen molar-refractivity contribution in [2.45, 2.75) is 6.18 Å². The highest BCUT2D eigenvalue weighted by molar-refractivity contribution is 5.77. The predicted octanol–water partition coefficient (Wildman–Crippen LogP) is 4.01. The first kappa shape index (κ1) is 22.8. The van der Waals surface area contributed by atoms with E-state index in [1.807, 2.05) is 0 Å². The monoisotopic (exact) mass is 451 g/mol. The Morgan fingerprint density at radius 2 is 1.66 bits per heavy atom. The van der Waals surface area contributed by atoms with Gasteiger partial charge in [-0.25, -0.2) is 4.79 Å². The first-order valence-electron chi connectivity index (χ1n) is 9.36. The molecule has 0 saturated carbocycles. The van der Waals surface area contributed by atoms with Gasteiger partial charge in [-0.2, -0.15) is 18.2 Å². The van der Waals surface area contributed by atoms with Gasteiger partial charge in [-0.3, -0.25) is 0 Å². The average molecular weight is 451 g/mol. The average Bonchev–Trinajstić information content (AvgIpc) is 3.20. The van der Waals surface area contributed by atoms with Crippen LogP contribution in [0.25, 0.3) is 22.6 Å². The number of methoxy groups -OCH3 is 1. The molecular weight excluding hydrogens is 431 g/mol. The third kappa shape index (κ3) is 6.30. The molecule has 3 N–H and O–H groups in total. The number of oxazole rings is 1. The van der Waals surface area contributed by atoms with Crippen LogP contribution in [0.5, 0.6) is 17.6 Å². The number of halogens is 3. The second-order valence-electron chi connectivity index (χ2n) is 6.45. The van der Waals surface area contributed by atoms with Crippen LogP contribution in [0.1, 0.15) is 0 Å². The van der Waals surface area contributed by atoms with Gasteiger partial charge in [-0.05, 0) is 48.5 Å². The zero-order chi connectivity index (χ0) is 23.1. The zero-order valence-corrected chi connectivity index (χ0v) is 16.9. The fourth-order valence-corrected chi connectivity index (χ4v) is 2.69. The van der Waals surface area contributed by atoms with Gasteiger partial charge in [0.2, 0.25) is 0 Å². The summed E-state index contributed by atoms with van der Waals surface area (Å²) in [5.41, 5.74) is 6.44. The molecule has 2 aromatic carbocycles. The van der Waals surface area contributed by atoms with Crippen LogP contribution in [-0.4, -0.2) is 44.1 Å². The molecule has 3 aromatic rings. The highest BCUT2D eigenvalue weighted by Gasteiger charge is 2.30. The molecule has 0 bridgehead atoms. The maximum absolute atomic E-state index is 12.5. The Bertz CT molecular complexity index is 1030. The highest BCUT2D eigenvalue weighted by atomic mass is 19.4. The van der Waals surface area contributed by atoms with Crippen LogP contribution in [0, 0.1) is 0 Å². The number of rotatable bonds is 9. The fraction of sp³-hybridized carbons (Fsp3) is 0.238. The summed E-state index contributed by atoms with van der Waals surface area (Å²) < 4.78 is 58.4. The Morgan fingerprint density at radius 1 is 1.03 bits per heavy atom. The zero-order valence-electron chi connectivity index (χ0n) is 16.9. The lowest BCUT2D eigenvalue weighted by atomic mass is 10.1. The van der Waals surface area contributed by atoms with Crippen LogP contribution in [-0.2, 0) is 0 Å². The molecule has 1 aromatic heterocycles. The summed E-state index contributed by atoms with van der Waals surface area (Å²) in [6.07, 6.45) is -5.03. The van der Waals surface area contributed by atoms with Crippen LogP contribution >= 0.6 is 0 Å². The molecule has 170 valence electrons. The molecule has 1 heterocycles. The number of benzene rings is 2. The van der Waals surface area contributed by atoms with Crippen molar-refractivity contribution in [2.24, 2.45) is 5.73 Å². The first-order chi connectivity index (χ1) is 15.2. The smallest absolute Gasteiger partial charge is 0.422 e.